The van der Waals surface area contributed by atoms with Crippen LogP contribution < -0.4 is 24.8 Å². The molecule has 0 fully saturated rings. The fourth-order valence-corrected chi connectivity index (χ4v) is 2.22. The van der Waals surface area contributed by atoms with Gasteiger partial charge < -0.3 is 24.8 Å². The van der Waals surface area contributed by atoms with Crippen molar-refractivity contribution in [2.24, 2.45) is 0 Å². The number of pyridine rings is 1. The number of hydrogen-bond acceptors (Lipinski definition) is 6. The molecule has 0 radical (unpaired) electrons. The van der Waals surface area contributed by atoms with Crippen molar-refractivity contribution < 1.29 is 37.0 Å². The number of carbonyl (C=O) groups is 2. The number of benzene rings is 1. The number of amides is 2. The first-order valence-corrected chi connectivity index (χ1v) is 8.66. The highest BCUT2D eigenvalue weighted by atomic mass is 19.4. The molecule has 0 aliphatic rings. The molecule has 162 valence electrons. The maximum Gasteiger partial charge on any atom is 0.422 e. The molecule has 11 heteroatoms. The van der Waals surface area contributed by atoms with Crippen LogP contribution in [-0.4, -0.2) is 50.3 Å². The summed E-state index contributed by atoms with van der Waals surface area (Å²) in [6.45, 7) is -1.62. The Kier molecular flexibility index (Phi) is 7.84. The minimum absolute atomic E-state index is 0.0426. The largest absolute Gasteiger partial charge is 0.493 e. The third-order valence-corrected chi connectivity index (χ3v) is 3.70. The molecule has 30 heavy (non-hydrogen) atoms. The number of hydrogen-bond donors (Lipinski definition) is 2. The lowest BCUT2D eigenvalue weighted by molar-refractivity contribution is -0.154. The second-order valence-electron chi connectivity index (χ2n) is 5.92. The van der Waals surface area contributed by atoms with E-state index in [1.165, 1.54) is 50.7 Å². The Labute approximate surface area is 170 Å². The molecule has 0 unspecified atom stereocenters. The summed E-state index contributed by atoms with van der Waals surface area (Å²) in [7, 11) is 2.87. The summed E-state index contributed by atoms with van der Waals surface area (Å²) < 4.78 is 51.8. The summed E-state index contributed by atoms with van der Waals surface area (Å²) in [5, 5.41) is 5.06. The number of rotatable bonds is 9. The zero-order valence-corrected chi connectivity index (χ0v) is 16.2. The van der Waals surface area contributed by atoms with Crippen LogP contribution in [0.3, 0.4) is 0 Å². The number of aromatic nitrogens is 1. The minimum atomic E-state index is -4.47. The quantitative estimate of drug-likeness (QED) is 0.636. The average Bonchev–Trinajstić information content (AvgIpc) is 2.74. The highest BCUT2D eigenvalue weighted by molar-refractivity contribution is 5.94. The van der Waals surface area contributed by atoms with Gasteiger partial charge in [-0.25, -0.2) is 4.98 Å². The smallest absolute Gasteiger partial charge is 0.422 e. The Bertz CT molecular complexity index is 890. The van der Waals surface area contributed by atoms with E-state index in [9.17, 15) is 22.8 Å². The molecular weight excluding hydrogens is 407 g/mol. The maximum absolute atomic E-state index is 12.4. The van der Waals surface area contributed by atoms with Crippen molar-refractivity contribution in [2.45, 2.75) is 12.7 Å². The first-order chi connectivity index (χ1) is 14.2. The van der Waals surface area contributed by atoms with E-state index in [0.29, 0.717) is 11.3 Å². The van der Waals surface area contributed by atoms with Crippen LogP contribution >= 0.6 is 0 Å². The SMILES string of the molecule is CNC(=O)COc1ccc(C(=O)NCc2ccnc(OCC(F)(F)F)c2)cc1OC. The van der Waals surface area contributed by atoms with Gasteiger partial charge in [0, 0.05) is 31.4 Å². The molecule has 1 heterocycles. The average molecular weight is 427 g/mol. The number of ether oxygens (including phenoxy) is 3. The number of nitrogens with one attached hydrogen (secondary N) is 2. The predicted octanol–water partition coefficient (Wildman–Crippen LogP) is 2.09. The van der Waals surface area contributed by atoms with Crippen molar-refractivity contribution in [1.29, 1.82) is 0 Å². The van der Waals surface area contributed by atoms with Gasteiger partial charge in [0.25, 0.3) is 11.8 Å². The molecule has 0 aliphatic heterocycles. The number of methoxy groups -OCH3 is 1. The van der Waals surface area contributed by atoms with E-state index < -0.39 is 18.7 Å². The zero-order chi connectivity index (χ0) is 22.1. The summed E-state index contributed by atoms with van der Waals surface area (Å²) in [5.41, 5.74) is 0.773. The van der Waals surface area contributed by atoms with E-state index in [-0.39, 0.29) is 36.3 Å². The molecule has 0 saturated carbocycles. The molecular formula is C19H20F3N3O5. The molecule has 2 amide bonds. The van der Waals surface area contributed by atoms with Gasteiger partial charge in [-0.3, -0.25) is 9.59 Å². The summed E-state index contributed by atoms with van der Waals surface area (Å²) >= 11 is 0. The third-order valence-electron chi connectivity index (χ3n) is 3.70. The number of nitrogens with zero attached hydrogens (tertiary/aromatic N) is 1. The number of likely N-dealkylation sites (N-methyl/N-ethyl adjacent to an activating group) is 1. The Hall–Kier alpha value is -3.50. The van der Waals surface area contributed by atoms with Crippen molar-refractivity contribution in [1.82, 2.24) is 15.6 Å². The van der Waals surface area contributed by atoms with Gasteiger partial charge in [-0.05, 0) is 29.8 Å². The van der Waals surface area contributed by atoms with Crippen LogP contribution in [0.4, 0.5) is 13.2 Å². The second-order valence-corrected chi connectivity index (χ2v) is 5.92. The summed E-state index contributed by atoms with van der Waals surface area (Å²) in [6.07, 6.45) is -3.18. The zero-order valence-electron chi connectivity index (χ0n) is 16.2. The van der Waals surface area contributed by atoms with E-state index >= 15 is 0 Å². The lowest BCUT2D eigenvalue weighted by atomic mass is 10.1. The van der Waals surface area contributed by atoms with Gasteiger partial charge in [-0.15, -0.1) is 0 Å². The molecule has 0 atom stereocenters. The molecule has 0 bridgehead atoms. The third kappa shape index (κ3) is 7.15. The van der Waals surface area contributed by atoms with Crippen molar-refractivity contribution in [2.75, 3.05) is 27.4 Å². The molecule has 8 nitrogen and oxygen atoms in total. The Morgan fingerprint density at radius 3 is 2.53 bits per heavy atom. The standard InChI is InChI=1S/C19H20F3N3O5/c1-23-16(26)10-29-14-4-3-13(8-15(14)28-2)18(27)25-9-12-5-6-24-17(7-12)30-11-19(20,21)22/h3-8H,9-11H2,1-2H3,(H,23,26)(H,25,27). The molecule has 0 spiro atoms. The van der Waals surface area contributed by atoms with Gasteiger partial charge in [0.05, 0.1) is 7.11 Å². The van der Waals surface area contributed by atoms with Gasteiger partial charge >= 0.3 is 6.18 Å². The molecule has 0 saturated heterocycles. The van der Waals surface area contributed by atoms with E-state index in [4.69, 9.17) is 9.47 Å². The summed E-state index contributed by atoms with van der Waals surface area (Å²) in [5.74, 6) is -0.412. The Morgan fingerprint density at radius 2 is 1.87 bits per heavy atom. The molecule has 1 aromatic heterocycles. The lowest BCUT2D eigenvalue weighted by Crippen LogP contribution is -2.25. The van der Waals surface area contributed by atoms with Crippen molar-refractivity contribution in [3.8, 4) is 17.4 Å². The summed E-state index contributed by atoms with van der Waals surface area (Å²) in [4.78, 5) is 27.4. The Morgan fingerprint density at radius 1 is 1.10 bits per heavy atom. The molecule has 2 aromatic rings. The lowest BCUT2D eigenvalue weighted by Gasteiger charge is -2.12. The first-order valence-electron chi connectivity index (χ1n) is 8.66. The topological polar surface area (TPSA) is 98.8 Å². The van der Waals surface area contributed by atoms with Crippen molar-refractivity contribution in [3.05, 3.63) is 47.7 Å². The van der Waals surface area contributed by atoms with E-state index in [2.05, 4.69) is 20.4 Å². The minimum Gasteiger partial charge on any atom is -0.493 e. The van der Waals surface area contributed by atoms with Crippen molar-refractivity contribution in [3.63, 3.8) is 0 Å². The van der Waals surface area contributed by atoms with Crippen LogP contribution in [0.5, 0.6) is 17.4 Å². The Balaban J connectivity index is 1.98. The van der Waals surface area contributed by atoms with Crippen LogP contribution in [0.25, 0.3) is 0 Å². The molecule has 2 N–H and O–H groups in total. The number of alkyl halides is 3. The molecule has 1 aromatic carbocycles. The van der Waals surface area contributed by atoms with Gasteiger partial charge in [-0.2, -0.15) is 13.2 Å². The van der Waals surface area contributed by atoms with Crippen LogP contribution in [0.15, 0.2) is 36.5 Å². The predicted molar refractivity (Wildman–Crippen MR) is 99.5 cm³/mol. The van der Waals surface area contributed by atoms with E-state index in [0.717, 1.165) is 0 Å². The van der Waals surface area contributed by atoms with Gasteiger partial charge in [-0.1, -0.05) is 0 Å². The highest BCUT2D eigenvalue weighted by Crippen LogP contribution is 2.28. The fourth-order valence-electron chi connectivity index (χ4n) is 2.22. The first kappa shape index (κ1) is 22.8. The summed E-state index contributed by atoms with van der Waals surface area (Å²) in [6, 6.07) is 7.27. The van der Waals surface area contributed by atoms with Gasteiger partial charge in [0.1, 0.15) is 0 Å². The van der Waals surface area contributed by atoms with E-state index in [1.807, 2.05) is 0 Å². The fraction of sp³-hybridized carbons (Fsp3) is 0.316. The maximum atomic E-state index is 12.4. The van der Waals surface area contributed by atoms with Crippen LogP contribution in [0, 0.1) is 0 Å². The number of halogens is 3. The highest BCUT2D eigenvalue weighted by Gasteiger charge is 2.28. The van der Waals surface area contributed by atoms with Crippen LogP contribution in [0.1, 0.15) is 15.9 Å². The van der Waals surface area contributed by atoms with Gasteiger partial charge in [0.15, 0.2) is 24.7 Å². The van der Waals surface area contributed by atoms with Crippen LogP contribution in [-0.2, 0) is 11.3 Å². The normalized spacial score (nSPS) is 10.8. The monoisotopic (exact) mass is 427 g/mol. The second kappa shape index (κ2) is 10.3. The van der Waals surface area contributed by atoms with Crippen molar-refractivity contribution >= 4 is 11.8 Å². The molecule has 2 rings (SSSR count). The van der Waals surface area contributed by atoms with Gasteiger partial charge in [0.2, 0.25) is 5.88 Å². The number of carbonyl (C=O) groups excluding carboxylic acids is 2. The van der Waals surface area contributed by atoms with Crippen LogP contribution in [0.2, 0.25) is 0 Å². The molecule has 0 aliphatic carbocycles. The van der Waals surface area contributed by atoms with E-state index in [1.54, 1.807) is 0 Å².